The number of anilines is 1. The van der Waals surface area contributed by atoms with Crippen molar-refractivity contribution in [2.75, 3.05) is 24.8 Å². The van der Waals surface area contributed by atoms with Crippen LogP contribution in [0.5, 0.6) is 11.5 Å². The van der Waals surface area contributed by atoms with Gasteiger partial charge in [0.2, 0.25) is 0 Å². The molecule has 2 rings (SSSR count). The van der Waals surface area contributed by atoms with Gasteiger partial charge in [0.05, 0.1) is 6.61 Å². The van der Waals surface area contributed by atoms with Crippen LogP contribution in [-0.4, -0.2) is 25.4 Å². The second-order valence-electron chi connectivity index (χ2n) is 4.47. The molecule has 0 aliphatic heterocycles. The van der Waals surface area contributed by atoms with E-state index in [2.05, 4.69) is 5.32 Å². The van der Waals surface area contributed by atoms with Crippen LogP contribution in [0.25, 0.3) is 0 Å². The second kappa shape index (κ2) is 8.34. The number of ether oxygens (including phenoxy) is 2. The average molecular weight is 317 g/mol. The SMILES string of the molecule is CCOc1ccc(OCC(=O)Nc2ccc(SC)cc2)cc1. The first-order chi connectivity index (χ1) is 10.7. The van der Waals surface area contributed by atoms with E-state index in [1.54, 1.807) is 23.9 Å². The van der Waals surface area contributed by atoms with Crippen LogP contribution in [0.1, 0.15) is 6.92 Å². The number of nitrogens with one attached hydrogen (secondary N) is 1. The number of carbonyl (C=O) groups excluding carboxylic acids is 1. The highest BCUT2D eigenvalue weighted by molar-refractivity contribution is 7.98. The van der Waals surface area contributed by atoms with Gasteiger partial charge in [-0.05, 0) is 61.7 Å². The Morgan fingerprint density at radius 1 is 1.00 bits per heavy atom. The molecule has 0 fully saturated rings. The van der Waals surface area contributed by atoms with E-state index < -0.39 is 0 Å². The highest BCUT2D eigenvalue weighted by atomic mass is 32.2. The molecule has 0 bridgehead atoms. The maximum Gasteiger partial charge on any atom is 0.262 e. The van der Waals surface area contributed by atoms with E-state index in [-0.39, 0.29) is 12.5 Å². The van der Waals surface area contributed by atoms with Crippen molar-refractivity contribution in [1.82, 2.24) is 0 Å². The van der Waals surface area contributed by atoms with Crippen molar-refractivity contribution in [3.8, 4) is 11.5 Å². The van der Waals surface area contributed by atoms with Crippen molar-refractivity contribution >= 4 is 23.4 Å². The number of amides is 1. The van der Waals surface area contributed by atoms with Crippen LogP contribution < -0.4 is 14.8 Å². The van der Waals surface area contributed by atoms with Crippen molar-refractivity contribution < 1.29 is 14.3 Å². The van der Waals surface area contributed by atoms with Gasteiger partial charge in [-0.3, -0.25) is 4.79 Å². The number of carbonyl (C=O) groups is 1. The Labute approximate surface area is 134 Å². The summed E-state index contributed by atoms with van der Waals surface area (Å²) in [6.07, 6.45) is 2.01. The Kier molecular flexibility index (Phi) is 6.15. The molecular formula is C17H19NO3S. The second-order valence-corrected chi connectivity index (χ2v) is 5.35. The van der Waals surface area contributed by atoms with Crippen molar-refractivity contribution in [3.05, 3.63) is 48.5 Å². The Hall–Kier alpha value is -2.14. The molecule has 5 heteroatoms. The molecule has 0 radical (unpaired) electrons. The van der Waals surface area contributed by atoms with Crippen LogP contribution in [0.15, 0.2) is 53.4 Å². The van der Waals surface area contributed by atoms with Gasteiger partial charge in [-0.1, -0.05) is 0 Å². The molecule has 0 aliphatic carbocycles. The topological polar surface area (TPSA) is 47.6 Å². The molecular weight excluding hydrogens is 298 g/mol. The van der Waals surface area contributed by atoms with Gasteiger partial charge < -0.3 is 14.8 Å². The van der Waals surface area contributed by atoms with Crippen molar-refractivity contribution in [1.29, 1.82) is 0 Å². The molecule has 0 aromatic heterocycles. The quantitative estimate of drug-likeness (QED) is 0.789. The van der Waals surface area contributed by atoms with Crippen LogP contribution in [0.2, 0.25) is 0 Å². The smallest absolute Gasteiger partial charge is 0.262 e. The number of thioether (sulfide) groups is 1. The van der Waals surface area contributed by atoms with E-state index in [0.717, 1.165) is 16.3 Å². The summed E-state index contributed by atoms with van der Waals surface area (Å²) in [7, 11) is 0. The van der Waals surface area contributed by atoms with Gasteiger partial charge in [0, 0.05) is 10.6 Å². The van der Waals surface area contributed by atoms with Gasteiger partial charge in [0.15, 0.2) is 6.61 Å². The summed E-state index contributed by atoms with van der Waals surface area (Å²) in [6.45, 7) is 2.52. The maximum absolute atomic E-state index is 11.8. The Balaban J connectivity index is 1.81. The van der Waals surface area contributed by atoms with Crippen LogP contribution in [0, 0.1) is 0 Å². The molecule has 2 aromatic rings. The molecule has 0 unspecified atom stereocenters. The summed E-state index contributed by atoms with van der Waals surface area (Å²) in [5, 5.41) is 2.80. The summed E-state index contributed by atoms with van der Waals surface area (Å²) in [6, 6.07) is 14.9. The third-order valence-corrected chi connectivity index (χ3v) is 3.62. The predicted octanol–water partition coefficient (Wildman–Crippen LogP) is 3.82. The zero-order chi connectivity index (χ0) is 15.8. The lowest BCUT2D eigenvalue weighted by molar-refractivity contribution is -0.118. The van der Waals surface area contributed by atoms with Crippen LogP contribution in [0.4, 0.5) is 5.69 Å². The molecule has 0 atom stereocenters. The minimum Gasteiger partial charge on any atom is -0.494 e. The lowest BCUT2D eigenvalue weighted by atomic mass is 10.3. The van der Waals surface area contributed by atoms with Gasteiger partial charge in [-0.15, -0.1) is 11.8 Å². The predicted molar refractivity (Wildman–Crippen MR) is 90.0 cm³/mol. The van der Waals surface area contributed by atoms with Gasteiger partial charge in [-0.25, -0.2) is 0 Å². The fourth-order valence-electron chi connectivity index (χ4n) is 1.82. The minimum absolute atomic E-state index is 0.0295. The summed E-state index contributed by atoms with van der Waals surface area (Å²) in [5.74, 6) is 1.23. The molecule has 116 valence electrons. The zero-order valence-corrected chi connectivity index (χ0v) is 13.5. The summed E-state index contributed by atoms with van der Waals surface area (Å²) in [5.41, 5.74) is 0.762. The van der Waals surface area contributed by atoms with E-state index in [1.165, 1.54) is 0 Å². The average Bonchev–Trinajstić information content (AvgIpc) is 2.55. The monoisotopic (exact) mass is 317 g/mol. The van der Waals surface area contributed by atoms with Gasteiger partial charge in [0.1, 0.15) is 11.5 Å². The molecule has 1 amide bonds. The molecule has 22 heavy (non-hydrogen) atoms. The van der Waals surface area contributed by atoms with Crippen molar-refractivity contribution in [2.24, 2.45) is 0 Å². The highest BCUT2D eigenvalue weighted by Crippen LogP contribution is 2.19. The van der Waals surface area contributed by atoms with Crippen molar-refractivity contribution in [3.63, 3.8) is 0 Å². The number of rotatable bonds is 7. The number of hydrogen-bond donors (Lipinski definition) is 1. The standard InChI is InChI=1S/C17H19NO3S/c1-3-20-14-6-8-15(9-7-14)21-12-17(19)18-13-4-10-16(22-2)11-5-13/h4-11H,3,12H2,1-2H3,(H,18,19). The van der Waals surface area contributed by atoms with E-state index in [0.29, 0.717) is 12.4 Å². The van der Waals surface area contributed by atoms with Crippen LogP contribution in [0.3, 0.4) is 0 Å². The van der Waals surface area contributed by atoms with E-state index >= 15 is 0 Å². The lowest BCUT2D eigenvalue weighted by Crippen LogP contribution is -2.20. The van der Waals surface area contributed by atoms with E-state index in [4.69, 9.17) is 9.47 Å². The van der Waals surface area contributed by atoms with Gasteiger partial charge in [-0.2, -0.15) is 0 Å². The summed E-state index contributed by atoms with van der Waals surface area (Å²) < 4.78 is 10.8. The number of hydrogen-bond acceptors (Lipinski definition) is 4. The molecule has 0 saturated heterocycles. The van der Waals surface area contributed by atoms with Gasteiger partial charge in [0.25, 0.3) is 5.91 Å². The highest BCUT2D eigenvalue weighted by Gasteiger charge is 2.04. The fraction of sp³-hybridized carbons (Fsp3) is 0.235. The maximum atomic E-state index is 11.8. The first-order valence-electron chi connectivity index (χ1n) is 7.01. The molecule has 2 aromatic carbocycles. The van der Waals surface area contributed by atoms with Crippen molar-refractivity contribution in [2.45, 2.75) is 11.8 Å². The Morgan fingerprint density at radius 2 is 1.59 bits per heavy atom. The van der Waals surface area contributed by atoms with Crippen LogP contribution >= 0.6 is 11.8 Å². The molecule has 0 aliphatic rings. The van der Waals surface area contributed by atoms with Crippen LogP contribution in [-0.2, 0) is 4.79 Å². The third kappa shape index (κ3) is 5.00. The van der Waals surface area contributed by atoms with E-state index in [9.17, 15) is 4.79 Å². The summed E-state index contributed by atoms with van der Waals surface area (Å²) in [4.78, 5) is 13.0. The fourth-order valence-corrected chi connectivity index (χ4v) is 2.23. The largest absolute Gasteiger partial charge is 0.494 e. The summed E-state index contributed by atoms with van der Waals surface area (Å²) >= 11 is 1.66. The molecule has 0 heterocycles. The first kappa shape index (κ1) is 16.2. The Morgan fingerprint density at radius 3 is 2.14 bits per heavy atom. The normalized spacial score (nSPS) is 10.1. The number of benzene rings is 2. The molecule has 1 N–H and O–H groups in total. The lowest BCUT2D eigenvalue weighted by Gasteiger charge is -2.09. The molecule has 0 spiro atoms. The van der Waals surface area contributed by atoms with E-state index in [1.807, 2.05) is 49.6 Å². The van der Waals surface area contributed by atoms with Gasteiger partial charge >= 0.3 is 0 Å². The minimum atomic E-state index is -0.189. The Bertz CT molecular complexity index is 596. The molecule has 0 saturated carbocycles. The molecule has 4 nitrogen and oxygen atoms in total. The first-order valence-corrected chi connectivity index (χ1v) is 8.23. The zero-order valence-electron chi connectivity index (χ0n) is 12.7. The third-order valence-electron chi connectivity index (χ3n) is 2.88.